The molecule has 1 rings (SSSR count). The molecule has 0 radical (unpaired) electrons. The highest BCUT2D eigenvalue weighted by molar-refractivity contribution is 5.77. The Balaban J connectivity index is 2.27. The fraction of sp³-hybridized carbons (Fsp3) is 0.500. The molecule has 0 bridgehead atoms. The van der Waals surface area contributed by atoms with Gasteiger partial charge in [0.05, 0.1) is 19.4 Å². The highest BCUT2D eigenvalue weighted by atomic mass is 16.5. The Morgan fingerprint density at radius 2 is 2.47 bits per heavy atom. The lowest BCUT2D eigenvalue weighted by atomic mass is 10.4. The Morgan fingerprint density at radius 3 is 3.07 bits per heavy atom. The summed E-state index contributed by atoms with van der Waals surface area (Å²) in [6, 6.07) is 3.61. The summed E-state index contributed by atoms with van der Waals surface area (Å²) in [5.74, 6) is 0.671. The first-order valence-electron chi connectivity index (χ1n) is 4.78. The second-order valence-corrected chi connectivity index (χ2v) is 3.17. The number of furan rings is 1. The topological polar surface area (TPSA) is 68.7 Å². The average molecular weight is 212 g/mol. The number of carbonyl (C=O) groups excluding carboxylic acids is 1. The van der Waals surface area contributed by atoms with E-state index in [0.29, 0.717) is 19.7 Å². The highest BCUT2D eigenvalue weighted by Gasteiger charge is 2.10. The molecule has 5 heteroatoms. The Kier molecular flexibility index (Phi) is 4.86. The number of nitrogens with two attached hydrogens (primary N) is 1. The zero-order valence-corrected chi connectivity index (χ0v) is 8.81. The minimum atomic E-state index is -0.0835. The van der Waals surface area contributed by atoms with Crippen LogP contribution in [0, 0.1) is 0 Å². The van der Waals surface area contributed by atoms with E-state index in [0.717, 1.165) is 5.76 Å². The van der Waals surface area contributed by atoms with Crippen molar-refractivity contribution in [3.05, 3.63) is 24.2 Å². The van der Waals surface area contributed by atoms with E-state index in [9.17, 15) is 4.79 Å². The fourth-order valence-electron chi connectivity index (χ4n) is 1.08. The standard InChI is InChI=1S/C10H16N2O3/c1-12(7-9-3-2-5-15-9)10(13)8-14-6-4-11/h2-3,5H,4,6-8,11H2,1H3. The summed E-state index contributed by atoms with van der Waals surface area (Å²) in [5.41, 5.74) is 5.24. The van der Waals surface area contributed by atoms with Crippen molar-refractivity contribution in [2.75, 3.05) is 26.8 Å². The molecule has 0 aliphatic carbocycles. The third-order valence-electron chi connectivity index (χ3n) is 1.89. The minimum absolute atomic E-state index is 0.0639. The molecular weight excluding hydrogens is 196 g/mol. The van der Waals surface area contributed by atoms with Gasteiger partial charge in [-0.25, -0.2) is 0 Å². The van der Waals surface area contributed by atoms with Crippen LogP contribution in [0.1, 0.15) is 5.76 Å². The number of nitrogens with zero attached hydrogens (tertiary/aromatic N) is 1. The van der Waals surface area contributed by atoms with Crippen molar-refractivity contribution in [1.29, 1.82) is 0 Å². The summed E-state index contributed by atoms with van der Waals surface area (Å²) in [6.45, 7) is 1.35. The normalized spacial score (nSPS) is 10.3. The van der Waals surface area contributed by atoms with E-state index in [4.69, 9.17) is 14.9 Å². The van der Waals surface area contributed by atoms with Gasteiger partial charge in [0, 0.05) is 13.6 Å². The Morgan fingerprint density at radius 1 is 1.67 bits per heavy atom. The number of carbonyl (C=O) groups is 1. The molecule has 5 nitrogen and oxygen atoms in total. The van der Waals surface area contributed by atoms with Crippen LogP contribution in [0.4, 0.5) is 0 Å². The van der Waals surface area contributed by atoms with Gasteiger partial charge in [-0.1, -0.05) is 0 Å². The molecule has 2 N–H and O–H groups in total. The lowest BCUT2D eigenvalue weighted by Gasteiger charge is -2.15. The maximum absolute atomic E-state index is 11.5. The number of amides is 1. The van der Waals surface area contributed by atoms with E-state index in [1.165, 1.54) is 0 Å². The zero-order valence-electron chi connectivity index (χ0n) is 8.81. The molecule has 0 fully saturated rings. The molecule has 0 spiro atoms. The van der Waals surface area contributed by atoms with Gasteiger partial charge in [0.25, 0.3) is 0 Å². The molecule has 1 heterocycles. The second kappa shape index (κ2) is 6.21. The monoisotopic (exact) mass is 212 g/mol. The van der Waals surface area contributed by atoms with E-state index in [-0.39, 0.29) is 12.5 Å². The zero-order chi connectivity index (χ0) is 11.1. The fourth-order valence-corrected chi connectivity index (χ4v) is 1.08. The van der Waals surface area contributed by atoms with Crippen LogP contribution in [-0.2, 0) is 16.1 Å². The minimum Gasteiger partial charge on any atom is -0.467 e. The molecule has 15 heavy (non-hydrogen) atoms. The van der Waals surface area contributed by atoms with Gasteiger partial charge in [-0.15, -0.1) is 0 Å². The molecule has 0 aliphatic heterocycles. The predicted molar refractivity (Wildman–Crippen MR) is 55.1 cm³/mol. The number of ether oxygens (including phenoxy) is 1. The first-order chi connectivity index (χ1) is 7.24. The van der Waals surface area contributed by atoms with Crippen molar-refractivity contribution < 1.29 is 13.9 Å². The van der Waals surface area contributed by atoms with Crippen molar-refractivity contribution in [3.63, 3.8) is 0 Å². The van der Waals surface area contributed by atoms with E-state index >= 15 is 0 Å². The van der Waals surface area contributed by atoms with Crippen LogP contribution in [0.5, 0.6) is 0 Å². The molecule has 1 aromatic heterocycles. The van der Waals surface area contributed by atoms with Crippen molar-refractivity contribution in [3.8, 4) is 0 Å². The lowest BCUT2D eigenvalue weighted by molar-refractivity contribution is -0.135. The smallest absolute Gasteiger partial charge is 0.248 e. The highest BCUT2D eigenvalue weighted by Crippen LogP contribution is 2.03. The molecule has 1 amide bonds. The summed E-state index contributed by atoms with van der Waals surface area (Å²) >= 11 is 0. The summed E-state index contributed by atoms with van der Waals surface area (Å²) in [6.07, 6.45) is 1.58. The van der Waals surface area contributed by atoms with Crippen LogP contribution in [0.3, 0.4) is 0 Å². The van der Waals surface area contributed by atoms with Crippen LogP contribution in [0.25, 0.3) is 0 Å². The number of likely N-dealkylation sites (N-methyl/N-ethyl adjacent to an activating group) is 1. The predicted octanol–water partition coefficient (Wildman–Crippen LogP) is 0.213. The molecule has 0 atom stereocenters. The van der Waals surface area contributed by atoms with Gasteiger partial charge in [0.2, 0.25) is 5.91 Å². The van der Waals surface area contributed by atoms with Gasteiger partial charge < -0.3 is 19.8 Å². The van der Waals surface area contributed by atoms with Crippen LogP contribution in [0.15, 0.2) is 22.8 Å². The first-order valence-corrected chi connectivity index (χ1v) is 4.78. The van der Waals surface area contributed by atoms with Gasteiger partial charge in [0.1, 0.15) is 12.4 Å². The van der Waals surface area contributed by atoms with Crippen LogP contribution in [0.2, 0.25) is 0 Å². The summed E-state index contributed by atoms with van der Waals surface area (Å²) in [7, 11) is 1.71. The van der Waals surface area contributed by atoms with Gasteiger partial charge >= 0.3 is 0 Å². The van der Waals surface area contributed by atoms with Gasteiger partial charge in [-0.3, -0.25) is 4.79 Å². The maximum Gasteiger partial charge on any atom is 0.248 e. The molecule has 0 saturated carbocycles. The maximum atomic E-state index is 11.5. The molecule has 0 saturated heterocycles. The largest absolute Gasteiger partial charge is 0.467 e. The quantitative estimate of drug-likeness (QED) is 0.684. The number of rotatable bonds is 6. The van der Waals surface area contributed by atoms with Crippen molar-refractivity contribution in [2.24, 2.45) is 5.73 Å². The van der Waals surface area contributed by atoms with E-state index in [2.05, 4.69) is 0 Å². The number of hydrogen-bond donors (Lipinski definition) is 1. The third kappa shape index (κ3) is 4.14. The van der Waals surface area contributed by atoms with Crippen LogP contribution < -0.4 is 5.73 Å². The van der Waals surface area contributed by atoms with Gasteiger partial charge in [-0.05, 0) is 12.1 Å². The third-order valence-corrected chi connectivity index (χ3v) is 1.89. The Hall–Kier alpha value is -1.33. The summed E-state index contributed by atoms with van der Waals surface area (Å²) in [4.78, 5) is 13.0. The second-order valence-electron chi connectivity index (χ2n) is 3.17. The van der Waals surface area contributed by atoms with E-state index < -0.39 is 0 Å². The van der Waals surface area contributed by atoms with Gasteiger partial charge in [-0.2, -0.15) is 0 Å². The van der Waals surface area contributed by atoms with E-state index in [1.54, 1.807) is 24.3 Å². The Labute approximate surface area is 88.8 Å². The molecule has 0 unspecified atom stereocenters. The van der Waals surface area contributed by atoms with Crippen LogP contribution >= 0.6 is 0 Å². The van der Waals surface area contributed by atoms with Crippen molar-refractivity contribution in [2.45, 2.75) is 6.54 Å². The molecule has 84 valence electrons. The SMILES string of the molecule is CN(Cc1ccco1)C(=O)COCCN. The first kappa shape index (κ1) is 11.7. The molecular formula is C10H16N2O3. The lowest BCUT2D eigenvalue weighted by Crippen LogP contribution is -2.30. The molecule has 0 aromatic carbocycles. The average Bonchev–Trinajstić information content (AvgIpc) is 2.70. The molecule has 1 aromatic rings. The summed E-state index contributed by atoms with van der Waals surface area (Å²) < 4.78 is 10.2. The number of hydrogen-bond acceptors (Lipinski definition) is 4. The Bertz CT molecular complexity index is 285. The van der Waals surface area contributed by atoms with Crippen molar-refractivity contribution in [1.82, 2.24) is 4.90 Å². The van der Waals surface area contributed by atoms with Crippen molar-refractivity contribution >= 4 is 5.91 Å². The van der Waals surface area contributed by atoms with Crippen LogP contribution in [-0.4, -0.2) is 37.6 Å². The van der Waals surface area contributed by atoms with Gasteiger partial charge in [0.15, 0.2) is 0 Å². The van der Waals surface area contributed by atoms with E-state index in [1.807, 2.05) is 6.07 Å². The molecule has 0 aliphatic rings. The summed E-state index contributed by atoms with van der Waals surface area (Å²) in [5, 5.41) is 0.